The molecule has 1 N–H and O–H groups in total. The Morgan fingerprint density at radius 2 is 1.64 bits per heavy atom. The molecule has 0 radical (unpaired) electrons. The maximum absolute atomic E-state index is 13.8. The maximum atomic E-state index is 13.8. The molecule has 0 aliphatic heterocycles. The number of hydrogen-bond acceptors (Lipinski definition) is 3. The van der Waals surface area contributed by atoms with E-state index in [2.05, 4.69) is 5.32 Å². The number of rotatable bonds is 6. The molecular formula is C22H21ClFN3O. The van der Waals surface area contributed by atoms with Gasteiger partial charge in [0.05, 0.1) is 5.69 Å². The second-order valence-corrected chi connectivity index (χ2v) is 6.39. The van der Waals surface area contributed by atoms with E-state index in [1.165, 1.54) is 6.07 Å². The number of hydrogen-bond donors (Lipinski definition) is 1. The molecule has 0 unspecified atom stereocenters. The summed E-state index contributed by atoms with van der Waals surface area (Å²) in [6, 6.07) is 20.6. The summed E-state index contributed by atoms with van der Waals surface area (Å²) in [5.41, 5.74) is 3.39. The van der Waals surface area contributed by atoms with Crippen LogP contribution in [0.4, 0.5) is 4.39 Å². The molecule has 0 saturated heterocycles. The number of nitrogens with zero attached hydrogens (tertiary/aromatic N) is 2. The topological polar surface area (TPSA) is 43.0 Å². The standard InChI is InChI=1S/C22H20FN3O.ClH/c1-16-11-12-21(27-16)22-18(14-24-13-17-7-5-6-10-20(17)23)15-26(25-22)19-8-3-2-4-9-19;/h2-12,15,24H,13-14H2,1H3;1H. The molecule has 0 aliphatic carbocycles. The van der Waals surface area contributed by atoms with Crippen molar-refractivity contribution in [3.8, 4) is 17.1 Å². The van der Waals surface area contributed by atoms with Crippen molar-refractivity contribution < 1.29 is 8.81 Å². The smallest absolute Gasteiger partial charge is 0.154 e. The Hall–Kier alpha value is -2.89. The summed E-state index contributed by atoms with van der Waals surface area (Å²) in [5.74, 6) is 1.36. The molecule has 2 aromatic heterocycles. The fourth-order valence-electron chi connectivity index (χ4n) is 2.99. The lowest BCUT2D eigenvalue weighted by molar-refractivity contribution is 0.544. The number of para-hydroxylation sites is 1. The summed E-state index contributed by atoms with van der Waals surface area (Å²) in [6.07, 6.45) is 1.98. The van der Waals surface area contributed by atoms with Gasteiger partial charge in [0.25, 0.3) is 0 Å². The van der Waals surface area contributed by atoms with Gasteiger partial charge in [0.1, 0.15) is 17.3 Å². The largest absolute Gasteiger partial charge is 0.460 e. The molecule has 0 atom stereocenters. The third kappa shape index (κ3) is 4.32. The van der Waals surface area contributed by atoms with E-state index in [4.69, 9.17) is 9.52 Å². The Morgan fingerprint density at radius 3 is 2.36 bits per heavy atom. The van der Waals surface area contributed by atoms with E-state index in [9.17, 15) is 4.39 Å². The predicted molar refractivity (Wildman–Crippen MR) is 110 cm³/mol. The van der Waals surface area contributed by atoms with Gasteiger partial charge in [-0.15, -0.1) is 12.4 Å². The van der Waals surface area contributed by atoms with Gasteiger partial charge < -0.3 is 9.73 Å². The lowest BCUT2D eigenvalue weighted by atomic mass is 10.2. The quantitative estimate of drug-likeness (QED) is 0.480. The van der Waals surface area contributed by atoms with Gasteiger partial charge in [-0.25, -0.2) is 9.07 Å². The first-order chi connectivity index (χ1) is 13.2. The van der Waals surface area contributed by atoms with Crippen LogP contribution in [0.3, 0.4) is 0 Å². The van der Waals surface area contributed by atoms with Gasteiger partial charge in [0.15, 0.2) is 5.76 Å². The Kier molecular flexibility index (Phi) is 6.29. The molecule has 28 heavy (non-hydrogen) atoms. The van der Waals surface area contributed by atoms with E-state index in [1.807, 2.05) is 66.3 Å². The Labute approximate surface area is 169 Å². The number of furan rings is 1. The zero-order valence-electron chi connectivity index (χ0n) is 15.4. The van der Waals surface area contributed by atoms with Crippen LogP contribution in [0.1, 0.15) is 16.9 Å². The van der Waals surface area contributed by atoms with Gasteiger partial charge in [-0.05, 0) is 37.3 Å². The predicted octanol–water partition coefficient (Wildman–Crippen LogP) is 5.29. The average molecular weight is 398 g/mol. The third-order valence-electron chi connectivity index (χ3n) is 4.37. The first-order valence-corrected chi connectivity index (χ1v) is 8.85. The minimum absolute atomic E-state index is 0. The van der Waals surface area contributed by atoms with Crippen LogP contribution in [0.5, 0.6) is 0 Å². The molecule has 0 fully saturated rings. The van der Waals surface area contributed by atoms with Crippen molar-refractivity contribution in [3.63, 3.8) is 0 Å². The summed E-state index contributed by atoms with van der Waals surface area (Å²) >= 11 is 0. The summed E-state index contributed by atoms with van der Waals surface area (Å²) < 4.78 is 21.4. The lowest BCUT2D eigenvalue weighted by Crippen LogP contribution is -2.13. The van der Waals surface area contributed by atoms with E-state index in [1.54, 1.807) is 12.1 Å². The highest BCUT2D eigenvalue weighted by Gasteiger charge is 2.15. The van der Waals surface area contributed by atoms with Crippen molar-refractivity contribution in [2.75, 3.05) is 0 Å². The number of benzene rings is 2. The molecule has 144 valence electrons. The van der Waals surface area contributed by atoms with Crippen molar-refractivity contribution in [3.05, 3.63) is 95.6 Å². The van der Waals surface area contributed by atoms with E-state index < -0.39 is 0 Å². The second kappa shape index (κ2) is 8.87. The lowest BCUT2D eigenvalue weighted by Gasteiger charge is -2.05. The molecule has 4 nitrogen and oxygen atoms in total. The molecule has 2 aromatic carbocycles. The van der Waals surface area contributed by atoms with Crippen LogP contribution in [-0.2, 0) is 13.1 Å². The van der Waals surface area contributed by atoms with Gasteiger partial charge in [-0.2, -0.15) is 5.10 Å². The van der Waals surface area contributed by atoms with Gasteiger partial charge in [0.2, 0.25) is 0 Å². The average Bonchev–Trinajstić information content (AvgIpc) is 3.30. The van der Waals surface area contributed by atoms with Gasteiger partial charge in [0, 0.05) is 30.4 Å². The summed E-state index contributed by atoms with van der Waals surface area (Å²) in [7, 11) is 0. The first-order valence-electron chi connectivity index (χ1n) is 8.85. The Bertz CT molecular complexity index is 1040. The molecule has 4 aromatic rings. The highest BCUT2D eigenvalue weighted by molar-refractivity contribution is 5.85. The van der Waals surface area contributed by atoms with E-state index >= 15 is 0 Å². The van der Waals surface area contributed by atoms with Crippen LogP contribution in [0.25, 0.3) is 17.1 Å². The second-order valence-electron chi connectivity index (χ2n) is 6.39. The normalized spacial score (nSPS) is 10.6. The summed E-state index contributed by atoms with van der Waals surface area (Å²) in [4.78, 5) is 0. The van der Waals surface area contributed by atoms with Crippen molar-refractivity contribution in [1.82, 2.24) is 15.1 Å². The Morgan fingerprint density at radius 1 is 0.929 bits per heavy atom. The van der Waals surface area contributed by atoms with Crippen LogP contribution in [0.15, 0.2) is 77.3 Å². The van der Waals surface area contributed by atoms with Crippen LogP contribution in [-0.4, -0.2) is 9.78 Å². The summed E-state index contributed by atoms with van der Waals surface area (Å²) in [5, 5.41) is 8.02. The molecule has 0 amide bonds. The molecule has 0 saturated carbocycles. The minimum atomic E-state index is -0.202. The van der Waals surface area contributed by atoms with Crippen LogP contribution >= 0.6 is 12.4 Å². The van der Waals surface area contributed by atoms with E-state index in [0.29, 0.717) is 18.7 Å². The molecule has 0 bridgehead atoms. The number of nitrogens with one attached hydrogen (secondary N) is 1. The van der Waals surface area contributed by atoms with E-state index in [0.717, 1.165) is 28.5 Å². The molecule has 0 aliphatic rings. The van der Waals surface area contributed by atoms with Gasteiger partial charge in [-0.3, -0.25) is 0 Å². The van der Waals surface area contributed by atoms with Crippen molar-refractivity contribution in [2.24, 2.45) is 0 Å². The fourth-order valence-corrected chi connectivity index (χ4v) is 2.99. The SMILES string of the molecule is Cc1ccc(-c2nn(-c3ccccc3)cc2CNCc2ccccc2F)o1.Cl. The van der Waals surface area contributed by atoms with Crippen molar-refractivity contribution in [2.45, 2.75) is 20.0 Å². The number of aryl methyl sites for hydroxylation is 1. The zero-order chi connectivity index (χ0) is 18.6. The fraction of sp³-hybridized carbons (Fsp3) is 0.136. The molecule has 2 heterocycles. The van der Waals surface area contributed by atoms with Crippen LogP contribution in [0, 0.1) is 12.7 Å². The number of aromatic nitrogens is 2. The zero-order valence-corrected chi connectivity index (χ0v) is 16.2. The van der Waals surface area contributed by atoms with Gasteiger partial charge in [-0.1, -0.05) is 36.4 Å². The Balaban J connectivity index is 0.00000225. The monoisotopic (exact) mass is 397 g/mol. The van der Waals surface area contributed by atoms with Gasteiger partial charge >= 0.3 is 0 Å². The molecule has 0 spiro atoms. The van der Waals surface area contributed by atoms with Crippen LogP contribution in [0.2, 0.25) is 0 Å². The van der Waals surface area contributed by atoms with E-state index in [-0.39, 0.29) is 18.2 Å². The first kappa shape index (κ1) is 19.9. The summed E-state index contributed by atoms with van der Waals surface area (Å²) in [6.45, 7) is 2.91. The highest BCUT2D eigenvalue weighted by atomic mass is 35.5. The molecular weight excluding hydrogens is 377 g/mol. The third-order valence-corrected chi connectivity index (χ3v) is 4.37. The van der Waals surface area contributed by atoms with Crippen molar-refractivity contribution >= 4 is 12.4 Å². The van der Waals surface area contributed by atoms with Crippen LogP contribution < -0.4 is 5.32 Å². The highest BCUT2D eigenvalue weighted by Crippen LogP contribution is 2.25. The maximum Gasteiger partial charge on any atom is 0.154 e. The van der Waals surface area contributed by atoms with Crippen molar-refractivity contribution in [1.29, 1.82) is 0 Å². The molecule has 4 rings (SSSR count). The molecule has 6 heteroatoms. The number of halogens is 2. The minimum Gasteiger partial charge on any atom is -0.460 e.